The van der Waals surface area contributed by atoms with E-state index < -0.39 is 12.1 Å². The molecule has 0 aliphatic carbocycles. The van der Waals surface area contributed by atoms with E-state index in [4.69, 9.17) is 4.74 Å². The van der Waals surface area contributed by atoms with Crippen LogP contribution in [0.2, 0.25) is 0 Å². The topological polar surface area (TPSA) is 46.5 Å². The Morgan fingerprint density at radius 2 is 2.00 bits per heavy atom. The van der Waals surface area contributed by atoms with Gasteiger partial charge in [-0.25, -0.2) is 4.79 Å². The molecule has 1 aromatic rings. The Balaban J connectivity index is 3.08. The van der Waals surface area contributed by atoms with Gasteiger partial charge in [0.25, 0.3) is 0 Å². The summed E-state index contributed by atoms with van der Waals surface area (Å²) in [6.45, 7) is 7.79. The summed E-state index contributed by atoms with van der Waals surface area (Å²) in [7, 11) is 0. The molecule has 0 saturated heterocycles. The molecule has 0 radical (unpaired) electrons. The van der Waals surface area contributed by atoms with Crippen LogP contribution in [0.4, 0.5) is 0 Å². The van der Waals surface area contributed by atoms with Gasteiger partial charge in [0.2, 0.25) is 0 Å². The third kappa shape index (κ3) is 2.61. The van der Waals surface area contributed by atoms with Crippen molar-refractivity contribution in [3.63, 3.8) is 0 Å². The molecule has 1 aromatic carbocycles. The molecule has 0 heterocycles. The van der Waals surface area contributed by atoms with Gasteiger partial charge in [-0.05, 0) is 44.4 Å². The summed E-state index contributed by atoms with van der Waals surface area (Å²) in [4.78, 5) is 11.4. The van der Waals surface area contributed by atoms with E-state index in [9.17, 15) is 9.90 Å². The van der Waals surface area contributed by atoms with Crippen molar-refractivity contribution in [1.82, 2.24) is 0 Å². The molecule has 3 nitrogen and oxygen atoms in total. The molecule has 0 saturated carbocycles. The minimum absolute atomic E-state index is 0.278. The largest absolute Gasteiger partial charge is 0.464 e. The van der Waals surface area contributed by atoms with Gasteiger partial charge in [0.15, 0.2) is 6.10 Å². The predicted molar refractivity (Wildman–Crippen MR) is 62.2 cm³/mol. The molecule has 0 fully saturated rings. The molecule has 1 N–H and O–H groups in total. The highest BCUT2D eigenvalue weighted by Gasteiger charge is 2.21. The molecule has 3 heteroatoms. The minimum atomic E-state index is -1.18. The van der Waals surface area contributed by atoms with Crippen LogP contribution in [0.25, 0.3) is 0 Å². The summed E-state index contributed by atoms with van der Waals surface area (Å²) in [6.07, 6.45) is -1.18. The van der Waals surface area contributed by atoms with Crippen molar-refractivity contribution in [2.45, 2.75) is 33.8 Å². The molecule has 88 valence electrons. The molecule has 1 rings (SSSR count). The number of rotatable bonds is 3. The van der Waals surface area contributed by atoms with Gasteiger partial charge in [-0.15, -0.1) is 0 Å². The van der Waals surface area contributed by atoms with Crippen LogP contribution in [0.5, 0.6) is 0 Å². The molecule has 0 amide bonds. The SMILES string of the molecule is CCOC(=O)C(O)c1cc(C)cc(C)c1C. The molecule has 1 unspecified atom stereocenters. The number of ether oxygens (including phenoxy) is 1. The maximum absolute atomic E-state index is 11.4. The maximum atomic E-state index is 11.4. The Bertz CT molecular complexity index is 396. The summed E-state index contributed by atoms with van der Waals surface area (Å²) in [5.41, 5.74) is 3.67. The Labute approximate surface area is 96.1 Å². The molecule has 1 atom stereocenters. The van der Waals surface area contributed by atoms with E-state index >= 15 is 0 Å². The van der Waals surface area contributed by atoms with E-state index in [0.717, 1.165) is 16.7 Å². The lowest BCUT2D eigenvalue weighted by molar-refractivity contribution is -0.153. The first-order chi connectivity index (χ1) is 7.47. The van der Waals surface area contributed by atoms with Gasteiger partial charge in [-0.3, -0.25) is 0 Å². The lowest BCUT2D eigenvalue weighted by Crippen LogP contribution is -2.16. The third-order valence-electron chi connectivity index (χ3n) is 2.66. The first kappa shape index (κ1) is 12.7. The molecule has 0 aromatic heterocycles. The molecule has 16 heavy (non-hydrogen) atoms. The van der Waals surface area contributed by atoms with Gasteiger partial charge in [-0.2, -0.15) is 0 Å². The van der Waals surface area contributed by atoms with Crippen LogP contribution < -0.4 is 0 Å². The maximum Gasteiger partial charge on any atom is 0.339 e. The zero-order valence-electron chi connectivity index (χ0n) is 10.2. The van der Waals surface area contributed by atoms with Crippen molar-refractivity contribution in [1.29, 1.82) is 0 Å². The number of carbonyl (C=O) groups is 1. The van der Waals surface area contributed by atoms with Crippen molar-refractivity contribution < 1.29 is 14.6 Å². The van der Waals surface area contributed by atoms with Gasteiger partial charge >= 0.3 is 5.97 Å². The van der Waals surface area contributed by atoms with Crippen molar-refractivity contribution in [3.8, 4) is 0 Å². The monoisotopic (exact) mass is 222 g/mol. The quantitative estimate of drug-likeness (QED) is 0.797. The van der Waals surface area contributed by atoms with E-state index in [1.165, 1.54) is 0 Å². The standard InChI is InChI=1S/C13H18O3/c1-5-16-13(15)12(14)11-7-8(2)6-9(3)10(11)4/h6-7,12,14H,5H2,1-4H3. The average Bonchev–Trinajstić information content (AvgIpc) is 2.22. The van der Waals surface area contributed by atoms with Gasteiger partial charge in [-0.1, -0.05) is 17.7 Å². The van der Waals surface area contributed by atoms with E-state index in [-0.39, 0.29) is 6.61 Å². The summed E-state index contributed by atoms with van der Waals surface area (Å²) in [5.74, 6) is -0.587. The van der Waals surface area contributed by atoms with Crippen molar-refractivity contribution in [3.05, 3.63) is 34.4 Å². The van der Waals surface area contributed by atoms with Crippen LogP contribution in [-0.4, -0.2) is 17.7 Å². The Morgan fingerprint density at radius 1 is 1.38 bits per heavy atom. The third-order valence-corrected chi connectivity index (χ3v) is 2.66. The smallest absolute Gasteiger partial charge is 0.339 e. The van der Waals surface area contributed by atoms with Crippen molar-refractivity contribution in [2.75, 3.05) is 6.61 Å². The molecule has 0 aliphatic rings. The van der Waals surface area contributed by atoms with E-state index in [2.05, 4.69) is 0 Å². The van der Waals surface area contributed by atoms with Crippen LogP contribution in [0, 0.1) is 20.8 Å². The highest BCUT2D eigenvalue weighted by Crippen LogP contribution is 2.23. The lowest BCUT2D eigenvalue weighted by atomic mass is 9.96. The number of hydrogen-bond donors (Lipinski definition) is 1. The number of carbonyl (C=O) groups excluding carboxylic acids is 1. The van der Waals surface area contributed by atoms with Crippen molar-refractivity contribution in [2.24, 2.45) is 0 Å². The fourth-order valence-electron chi connectivity index (χ4n) is 1.70. The summed E-state index contributed by atoms with van der Waals surface area (Å²) in [5, 5.41) is 9.88. The Kier molecular flexibility index (Phi) is 4.07. The predicted octanol–water partition coefficient (Wildman–Crippen LogP) is 2.21. The van der Waals surface area contributed by atoms with Gasteiger partial charge in [0.05, 0.1) is 6.61 Å². The fourth-order valence-corrected chi connectivity index (χ4v) is 1.70. The second-order valence-electron chi connectivity index (χ2n) is 3.95. The second kappa shape index (κ2) is 5.12. The lowest BCUT2D eigenvalue weighted by Gasteiger charge is -2.15. The van der Waals surface area contributed by atoms with Crippen LogP contribution in [0.3, 0.4) is 0 Å². The molecule has 0 spiro atoms. The van der Waals surface area contributed by atoms with E-state index in [0.29, 0.717) is 5.56 Å². The normalized spacial score (nSPS) is 12.3. The van der Waals surface area contributed by atoms with Crippen LogP contribution in [0.15, 0.2) is 12.1 Å². The molecule has 0 bridgehead atoms. The van der Waals surface area contributed by atoms with E-state index in [1.807, 2.05) is 32.9 Å². The van der Waals surface area contributed by atoms with Crippen LogP contribution in [-0.2, 0) is 9.53 Å². The second-order valence-corrected chi connectivity index (χ2v) is 3.95. The zero-order chi connectivity index (χ0) is 12.3. The number of aryl methyl sites for hydroxylation is 2. The summed E-state index contributed by atoms with van der Waals surface area (Å²) < 4.78 is 4.80. The Hall–Kier alpha value is -1.35. The highest BCUT2D eigenvalue weighted by molar-refractivity contribution is 5.77. The Morgan fingerprint density at radius 3 is 2.56 bits per heavy atom. The van der Waals surface area contributed by atoms with Gasteiger partial charge in [0.1, 0.15) is 0 Å². The number of aliphatic hydroxyl groups excluding tert-OH is 1. The number of aliphatic hydroxyl groups is 1. The molecular formula is C13H18O3. The average molecular weight is 222 g/mol. The first-order valence-corrected chi connectivity index (χ1v) is 5.39. The first-order valence-electron chi connectivity index (χ1n) is 5.39. The number of esters is 1. The molecular weight excluding hydrogens is 204 g/mol. The number of hydrogen-bond acceptors (Lipinski definition) is 3. The van der Waals surface area contributed by atoms with Crippen molar-refractivity contribution >= 4 is 5.97 Å². The van der Waals surface area contributed by atoms with Gasteiger partial charge in [0, 0.05) is 0 Å². The van der Waals surface area contributed by atoms with Crippen LogP contribution >= 0.6 is 0 Å². The zero-order valence-corrected chi connectivity index (χ0v) is 10.2. The fraction of sp³-hybridized carbons (Fsp3) is 0.462. The molecule has 0 aliphatic heterocycles. The summed E-state index contributed by atoms with van der Waals surface area (Å²) in [6, 6.07) is 3.85. The summed E-state index contributed by atoms with van der Waals surface area (Å²) >= 11 is 0. The van der Waals surface area contributed by atoms with E-state index in [1.54, 1.807) is 6.92 Å². The highest BCUT2D eigenvalue weighted by atomic mass is 16.5. The van der Waals surface area contributed by atoms with Crippen LogP contribution in [0.1, 0.15) is 35.3 Å². The minimum Gasteiger partial charge on any atom is -0.464 e. The van der Waals surface area contributed by atoms with Gasteiger partial charge < -0.3 is 9.84 Å². The number of benzene rings is 1.